The van der Waals surface area contributed by atoms with Gasteiger partial charge < -0.3 is 9.47 Å². The van der Waals surface area contributed by atoms with Gasteiger partial charge in [0.05, 0.1) is 24.2 Å². The van der Waals surface area contributed by atoms with E-state index in [0.29, 0.717) is 37.7 Å². The molecular weight excluding hydrogens is 351 g/mol. The van der Waals surface area contributed by atoms with Crippen LogP contribution in [0.3, 0.4) is 0 Å². The standard InChI is InChI=1S/C16H22N2O4.O.V/c1-2-6-18-7-9-21-15(19)11-13-4-3-5-14(17-13)12-16(20)22-10-8-18;;/h3-5H,2,6-12H2,1H3;;. The molecule has 0 unspecified atom stereocenters. The van der Waals surface area contributed by atoms with Crippen molar-refractivity contribution < 1.29 is 40.1 Å². The molecule has 0 aliphatic carbocycles. The first-order chi connectivity index (χ1) is 11.7. The molecule has 0 atom stereocenters. The zero-order chi connectivity index (χ0) is 17.8. The summed E-state index contributed by atoms with van der Waals surface area (Å²) >= 11 is 1.06. The average molecular weight is 373 g/mol. The summed E-state index contributed by atoms with van der Waals surface area (Å²) < 4.78 is 18.7. The number of esters is 2. The topological polar surface area (TPSA) is 85.8 Å². The first-order valence-electron chi connectivity index (χ1n) is 7.84. The van der Waals surface area contributed by atoms with E-state index in [2.05, 4.69) is 16.8 Å². The van der Waals surface area contributed by atoms with Crippen molar-refractivity contribution in [3.05, 3.63) is 29.6 Å². The fourth-order valence-corrected chi connectivity index (χ4v) is 2.35. The fraction of sp³-hybridized carbons (Fsp3) is 0.562. The minimum atomic E-state index is -0.291. The summed E-state index contributed by atoms with van der Waals surface area (Å²) in [6.45, 7) is 4.94. The van der Waals surface area contributed by atoms with Gasteiger partial charge in [-0.25, -0.2) is 0 Å². The second kappa shape index (κ2) is 11.9. The fourth-order valence-electron chi connectivity index (χ4n) is 2.35. The van der Waals surface area contributed by atoms with Gasteiger partial charge in [0.15, 0.2) is 0 Å². The summed E-state index contributed by atoms with van der Waals surface area (Å²) in [7, 11) is 0. The first-order valence-corrected chi connectivity index (χ1v) is 8.41. The summed E-state index contributed by atoms with van der Waals surface area (Å²) in [6.07, 6.45) is 1.24. The molecule has 0 saturated heterocycles. The Balaban J connectivity index is 0.00000139. The van der Waals surface area contributed by atoms with Crippen LogP contribution in [-0.4, -0.2) is 54.7 Å². The number of nitrogens with zero attached hydrogens (tertiary/aromatic N) is 2. The Morgan fingerprint density at radius 2 is 1.54 bits per heavy atom. The molecule has 0 saturated carbocycles. The molecule has 24 heavy (non-hydrogen) atoms. The molecule has 8 heteroatoms. The molecule has 0 aromatic carbocycles. The van der Waals surface area contributed by atoms with Gasteiger partial charge in [-0.1, -0.05) is 13.0 Å². The van der Waals surface area contributed by atoms with Crippen molar-refractivity contribution in [3.63, 3.8) is 0 Å². The molecule has 0 N–H and O–H groups in total. The van der Waals surface area contributed by atoms with Crippen molar-refractivity contribution in [2.75, 3.05) is 32.8 Å². The van der Waals surface area contributed by atoms with Crippen molar-refractivity contribution in [1.82, 2.24) is 9.88 Å². The Morgan fingerprint density at radius 1 is 1.04 bits per heavy atom. The third-order valence-corrected chi connectivity index (χ3v) is 3.40. The zero-order valence-corrected chi connectivity index (χ0v) is 15.2. The van der Waals surface area contributed by atoms with Crippen LogP contribution >= 0.6 is 0 Å². The number of pyridine rings is 1. The third-order valence-electron chi connectivity index (χ3n) is 3.40. The summed E-state index contributed by atoms with van der Waals surface area (Å²) in [4.78, 5) is 30.1. The molecule has 0 spiro atoms. The van der Waals surface area contributed by atoms with Crippen molar-refractivity contribution in [3.8, 4) is 0 Å². The molecule has 1 aliphatic rings. The van der Waals surface area contributed by atoms with Crippen molar-refractivity contribution in [2.45, 2.75) is 26.2 Å². The van der Waals surface area contributed by atoms with E-state index in [1.54, 1.807) is 18.2 Å². The van der Waals surface area contributed by atoms with E-state index in [-0.39, 0.29) is 24.8 Å². The van der Waals surface area contributed by atoms with Gasteiger partial charge in [-0.2, -0.15) is 0 Å². The second-order valence-electron chi connectivity index (χ2n) is 5.26. The van der Waals surface area contributed by atoms with E-state index >= 15 is 0 Å². The van der Waals surface area contributed by atoms with Crippen LogP contribution in [0.15, 0.2) is 18.2 Å². The predicted octanol–water partition coefficient (Wildman–Crippen LogP) is 0.857. The Kier molecular flexibility index (Phi) is 10.1. The number of rotatable bonds is 2. The first kappa shape index (κ1) is 20.5. The van der Waals surface area contributed by atoms with Crippen LogP contribution in [0.25, 0.3) is 0 Å². The number of cyclic esters (lactones) is 2. The molecule has 1 aromatic heterocycles. The maximum absolute atomic E-state index is 11.8. The van der Waals surface area contributed by atoms with Crippen LogP contribution in [0.5, 0.6) is 0 Å². The maximum atomic E-state index is 11.8. The van der Waals surface area contributed by atoms with Gasteiger partial charge in [0.1, 0.15) is 13.2 Å². The number of carbonyl (C=O) groups is 2. The van der Waals surface area contributed by atoms with Gasteiger partial charge in [-0.05, 0) is 25.1 Å². The summed E-state index contributed by atoms with van der Waals surface area (Å²) in [5, 5.41) is 0. The molecule has 2 rings (SSSR count). The van der Waals surface area contributed by atoms with Crippen LogP contribution in [0, 0.1) is 0 Å². The van der Waals surface area contributed by atoms with E-state index < -0.39 is 0 Å². The normalized spacial score (nSPS) is 16.8. The van der Waals surface area contributed by atoms with Gasteiger partial charge in [-0.3, -0.25) is 19.5 Å². The number of carbonyl (C=O) groups excluding carboxylic acids is 2. The van der Waals surface area contributed by atoms with Crippen LogP contribution in [0.1, 0.15) is 24.7 Å². The number of hydrogen-bond acceptors (Lipinski definition) is 7. The Hall–Kier alpha value is -1.57. The van der Waals surface area contributed by atoms with Crippen LogP contribution < -0.4 is 0 Å². The van der Waals surface area contributed by atoms with Gasteiger partial charge in [0.25, 0.3) is 0 Å². The van der Waals surface area contributed by atoms with E-state index in [0.717, 1.165) is 30.3 Å². The Morgan fingerprint density at radius 3 is 2.00 bits per heavy atom. The Labute approximate surface area is 150 Å². The van der Waals surface area contributed by atoms with Gasteiger partial charge in [0, 0.05) is 13.1 Å². The summed E-state index contributed by atoms with van der Waals surface area (Å²) in [5.74, 6) is -0.582. The third kappa shape index (κ3) is 7.81. The van der Waals surface area contributed by atoms with E-state index in [9.17, 15) is 9.59 Å². The van der Waals surface area contributed by atoms with Crippen molar-refractivity contribution in [1.29, 1.82) is 0 Å². The number of aromatic nitrogens is 1. The number of hydrogen-bond donors (Lipinski definition) is 0. The molecule has 131 valence electrons. The SMILES string of the molecule is CCCN1CCOC(=O)Cc2cccc(n2)CC(=O)OCC1.[O]=[V]. The molecule has 1 aromatic rings. The van der Waals surface area contributed by atoms with Gasteiger partial charge in [0.2, 0.25) is 0 Å². The van der Waals surface area contributed by atoms with Crippen LogP contribution in [-0.2, 0) is 52.9 Å². The monoisotopic (exact) mass is 373 g/mol. The summed E-state index contributed by atoms with van der Waals surface area (Å²) in [6, 6.07) is 5.30. The predicted molar refractivity (Wildman–Crippen MR) is 81.0 cm³/mol. The molecular formula is C16H22N2O5V. The van der Waals surface area contributed by atoms with E-state index in [1.807, 2.05) is 0 Å². The summed E-state index contributed by atoms with van der Waals surface area (Å²) in [5.41, 5.74) is 1.22. The van der Waals surface area contributed by atoms with Gasteiger partial charge >= 0.3 is 33.0 Å². The second-order valence-corrected chi connectivity index (χ2v) is 5.26. The van der Waals surface area contributed by atoms with Gasteiger partial charge in [-0.15, -0.1) is 0 Å². The zero-order valence-electron chi connectivity index (χ0n) is 13.8. The molecule has 0 amide bonds. The minimum absolute atomic E-state index is 0.122. The molecule has 0 fully saturated rings. The molecule has 1 aliphatic heterocycles. The van der Waals surface area contributed by atoms with Crippen molar-refractivity contribution >= 4 is 11.9 Å². The van der Waals surface area contributed by atoms with Crippen LogP contribution in [0.2, 0.25) is 0 Å². The number of fused-ring (bicyclic) bond motifs is 2. The van der Waals surface area contributed by atoms with Crippen LogP contribution in [0.4, 0.5) is 0 Å². The quantitative estimate of drug-likeness (QED) is 0.711. The van der Waals surface area contributed by atoms with E-state index in [4.69, 9.17) is 13.1 Å². The van der Waals surface area contributed by atoms with E-state index in [1.165, 1.54) is 0 Å². The molecule has 2 bridgehead atoms. The molecule has 2 heterocycles. The molecule has 0 radical (unpaired) electrons. The Bertz CT molecular complexity index is 502. The number of ether oxygens (including phenoxy) is 2. The molecule has 7 nitrogen and oxygen atoms in total. The van der Waals surface area contributed by atoms with Crippen molar-refractivity contribution in [2.24, 2.45) is 0 Å². The average Bonchev–Trinajstić information content (AvgIpc) is 2.56.